The number of methoxy groups -OCH3 is 1. The van der Waals surface area contributed by atoms with Gasteiger partial charge in [0.2, 0.25) is 5.95 Å². The summed E-state index contributed by atoms with van der Waals surface area (Å²) in [7, 11) is 1.28. The normalized spacial score (nSPS) is 15.2. The van der Waals surface area contributed by atoms with Crippen LogP contribution in [0.15, 0.2) is 35.3 Å². The number of benzene rings is 1. The lowest BCUT2D eigenvalue weighted by Gasteiger charge is -2.31. The number of hydrogen-bond donors (Lipinski definition) is 3. The number of aliphatic hydroxyl groups is 1. The Morgan fingerprint density at radius 2 is 2.00 bits per heavy atom. The first-order chi connectivity index (χ1) is 15.3. The third-order valence-corrected chi connectivity index (χ3v) is 5.50. The molecule has 0 atom stereocenters. The molecule has 3 N–H and O–H groups in total. The molecule has 0 amide bonds. The Bertz CT molecular complexity index is 1170. The highest BCUT2D eigenvalue weighted by atomic mass is 19.4. The van der Waals surface area contributed by atoms with Crippen molar-refractivity contribution in [2.24, 2.45) is 5.92 Å². The summed E-state index contributed by atoms with van der Waals surface area (Å²) in [5.41, 5.74) is -0.915. The molecule has 8 nitrogen and oxygen atoms in total. The summed E-state index contributed by atoms with van der Waals surface area (Å²) in [5.74, 6) is 0.684. The fraction of sp³-hybridized carbons (Fsp3) is 0.381. The number of halogens is 3. The molecule has 0 aliphatic carbocycles. The summed E-state index contributed by atoms with van der Waals surface area (Å²) in [6.07, 6.45) is -1.59. The number of H-pyrrole nitrogens is 1. The van der Waals surface area contributed by atoms with Gasteiger partial charge in [0.15, 0.2) is 0 Å². The standard InChI is InChI=1S/C21H22F3N5O3/c1-32-15-9-13(21(22,23)24)8-14(10-15)26-18-17-16(2-5-25-19(17)31)27-20(28-18)29-6-3-12(11-30)4-7-29/h2,5,8-10,12,30H,3-4,6-7,11H2,1H3,(H,25,31)(H,26,27,28). The van der Waals surface area contributed by atoms with Crippen molar-refractivity contribution in [1.29, 1.82) is 0 Å². The zero-order chi connectivity index (χ0) is 22.9. The minimum Gasteiger partial charge on any atom is -0.497 e. The Kier molecular flexibility index (Phi) is 5.92. The highest BCUT2D eigenvalue weighted by Gasteiger charge is 2.31. The molecule has 170 valence electrons. The number of rotatable bonds is 5. The van der Waals surface area contributed by atoms with Gasteiger partial charge in [0, 0.05) is 37.6 Å². The lowest BCUT2D eigenvalue weighted by molar-refractivity contribution is -0.137. The molecule has 4 rings (SSSR count). The van der Waals surface area contributed by atoms with E-state index in [0.717, 1.165) is 25.0 Å². The van der Waals surface area contributed by atoms with Crippen LogP contribution in [0.3, 0.4) is 0 Å². The van der Waals surface area contributed by atoms with Crippen LogP contribution in [0.25, 0.3) is 10.9 Å². The smallest absolute Gasteiger partial charge is 0.416 e. The lowest BCUT2D eigenvalue weighted by Crippen LogP contribution is -2.36. The fourth-order valence-electron chi connectivity index (χ4n) is 3.72. The maximum Gasteiger partial charge on any atom is 0.416 e. The number of aromatic amines is 1. The second-order valence-electron chi connectivity index (χ2n) is 7.63. The fourth-order valence-corrected chi connectivity index (χ4v) is 3.72. The molecule has 1 aliphatic heterocycles. The van der Waals surface area contributed by atoms with E-state index < -0.39 is 17.3 Å². The predicted molar refractivity (Wildman–Crippen MR) is 113 cm³/mol. The van der Waals surface area contributed by atoms with Gasteiger partial charge in [0.25, 0.3) is 5.56 Å². The number of ether oxygens (including phenoxy) is 1. The average Bonchev–Trinajstić information content (AvgIpc) is 2.78. The zero-order valence-electron chi connectivity index (χ0n) is 17.2. The van der Waals surface area contributed by atoms with E-state index in [0.29, 0.717) is 24.6 Å². The van der Waals surface area contributed by atoms with Gasteiger partial charge in [0.05, 0.1) is 18.2 Å². The van der Waals surface area contributed by atoms with Crippen LogP contribution in [0.1, 0.15) is 18.4 Å². The first-order valence-corrected chi connectivity index (χ1v) is 10.1. The van der Waals surface area contributed by atoms with Crippen LogP contribution in [0.5, 0.6) is 5.75 Å². The Labute approximate surface area is 181 Å². The second-order valence-corrected chi connectivity index (χ2v) is 7.63. The highest BCUT2D eigenvalue weighted by molar-refractivity contribution is 5.91. The first kappa shape index (κ1) is 21.9. The van der Waals surface area contributed by atoms with Crippen molar-refractivity contribution >= 4 is 28.4 Å². The number of nitrogens with zero attached hydrogens (tertiary/aromatic N) is 3. The number of pyridine rings is 1. The minimum absolute atomic E-state index is 0.0147. The number of aliphatic hydroxyl groups excluding tert-OH is 1. The van der Waals surface area contributed by atoms with E-state index >= 15 is 0 Å². The molecule has 0 bridgehead atoms. The Hall–Kier alpha value is -3.34. The van der Waals surface area contributed by atoms with Gasteiger partial charge in [0.1, 0.15) is 17.0 Å². The van der Waals surface area contributed by atoms with Crippen LogP contribution in [0.4, 0.5) is 30.6 Å². The van der Waals surface area contributed by atoms with Crippen LogP contribution in [-0.4, -0.2) is 46.9 Å². The summed E-state index contributed by atoms with van der Waals surface area (Å²) in [5, 5.41) is 12.4. The summed E-state index contributed by atoms with van der Waals surface area (Å²) in [6, 6.07) is 4.83. The van der Waals surface area contributed by atoms with E-state index in [2.05, 4.69) is 20.3 Å². The Morgan fingerprint density at radius 3 is 2.66 bits per heavy atom. The minimum atomic E-state index is -4.57. The molecule has 0 radical (unpaired) electrons. The van der Waals surface area contributed by atoms with Crippen molar-refractivity contribution in [3.05, 3.63) is 46.4 Å². The molecular formula is C21H22F3N5O3. The van der Waals surface area contributed by atoms with Gasteiger partial charge in [-0.3, -0.25) is 4.79 Å². The van der Waals surface area contributed by atoms with E-state index in [4.69, 9.17) is 4.74 Å². The van der Waals surface area contributed by atoms with Crippen molar-refractivity contribution in [1.82, 2.24) is 15.0 Å². The SMILES string of the molecule is COc1cc(Nc2nc(N3CCC(CO)CC3)nc3cc[nH]c(=O)c23)cc(C(F)(F)F)c1. The molecule has 3 aromatic rings. The molecule has 0 unspecified atom stereocenters. The van der Waals surface area contributed by atoms with Crippen molar-refractivity contribution in [3.63, 3.8) is 0 Å². The number of anilines is 3. The number of fused-ring (bicyclic) bond motifs is 1. The molecule has 1 fully saturated rings. The maximum absolute atomic E-state index is 13.3. The Morgan fingerprint density at radius 1 is 1.25 bits per heavy atom. The van der Waals surface area contributed by atoms with Crippen molar-refractivity contribution in [2.45, 2.75) is 19.0 Å². The average molecular weight is 449 g/mol. The first-order valence-electron chi connectivity index (χ1n) is 10.1. The number of aromatic nitrogens is 3. The summed E-state index contributed by atoms with van der Waals surface area (Å²) in [6.45, 7) is 1.36. The third-order valence-electron chi connectivity index (χ3n) is 5.50. The topological polar surface area (TPSA) is 103 Å². The van der Waals surface area contributed by atoms with Crippen LogP contribution >= 0.6 is 0 Å². The lowest BCUT2D eigenvalue weighted by atomic mass is 9.98. The molecule has 1 aromatic carbocycles. The summed E-state index contributed by atoms with van der Waals surface area (Å²) < 4.78 is 45.0. The molecule has 1 aliphatic rings. The molecule has 32 heavy (non-hydrogen) atoms. The molecule has 3 heterocycles. The van der Waals surface area contributed by atoms with Gasteiger partial charge < -0.3 is 25.0 Å². The third kappa shape index (κ3) is 4.47. The van der Waals surface area contributed by atoms with Crippen LogP contribution < -0.4 is 20.5 Å². The van der Waals surface area contributed by atoms with Crippen LogP contribution in [0.2, 0.25) is 0 Å². The van der Waals surface area contributed by atoms with Gasteiger partial charge in [-0.1, -0.05) is 0 Å². The van der Waals surface area contributed by atoms with Crippen molar-refractivity contribution in [3.8, 4) is 5.75 Å². The van der Waals surface area contributed by atoms with E-state index in [1.54, 1.807) is 6.07 Å². The van der Waals surface area contributed by atoms with Crippen molar-refractivity contribution < 1.29 is 23.0 Å². The molecule has 1 saturated heterocycles. The molecule has 0 saturated carbocycles. The number of piperidine rings is 1. The largest absolute Gasteiger partial charge is 0.497 e. The van der Waals surface area contributed by atoms with E-state index in [1.165, 1.54) is 19.4 Å². The van der Waals surface area contributed by atoms with Gasteiger partial charge in [-0.15, -0.1) is 0 Å². The molecular weight excluding hydrogens is 427 g/mol. The summed E-state index contributed by atoms with van der Waals surface area (Å²) >= 11 is 0. The maximum atomic E-state index is 13.3. The van der Waals surface area contributed by atoms with Gasteiger partial charge in [-0.2, -0.15) is 18.2 Å². The second kappa shape index (κ2) is 8.65. The quantitative estimate of drug-likeness (QED) is 0.549. The van der Waals surface area contributed by atoms with Crippen LogP contribution in [0, 0.1) is 5.92 Å². The van der Waals surface area contributed by atoms with Crippen LogP contribution in [-0.2, 0) is 6.18 Å². The number of nitrogens with one attached hydrogen (secondary N) is 2. The van der Waals surface area contributed by atoms with Crippen molar-refractivity contribution in [2.75, 3.05) is 37.0 Å². The number of alkyl halides is 3. The van der Waals surface area contributed by atoms with Gasteiger partial charge in [-0.05, 0) is 37.0 Å². The van der Waals surface area contributed by atoms with E-state index in [9.17, 15) is 23.1 Å². The molecule has 0 spiro atoms. The number of hydrogen-bond acceptors (Lipinski definition) is 7. The zero-order valence-corrected chi connectivity index (χ0v) is 17.2. The summed E-state index contributed by atoms with van der Waals surface area (Å²) in [4.78, 5) is 25.9. The van der Waals surface area contributed by atoms with E-state index in [1.807, 2.05) is 4.90 Å². The van der Waals surface area contributed by atoms with Gasteiger partial charge >= 0.3 is 6.18 Å². The van der Waals surface area contributed by atoms with E-state index in [-0.39, 0.29) is 35.2 Å². The molecule has 11 heteroatoms. The monoisotopic (exact) mass is 449 g/mol. The highest BCUT2D eigenvalue weighted by Crippen LogP contribution is 2.35. The van der Waals surface area contributed by atoms with Gasteiger partial charge in [-0.25, -0.2) is 4.98 Å². The predicted octanol–water partition coefficient (Wildman–Crippen LogP) is 3.30. The Balaban J connectivity index is 1.77. The molecule has 2 aromatic heterocycles.